The highest BCUT2D eigenvalue weighted by molar-refractivity contribution is 5.83. The number of hydrogen-bond acceptors (Lipinski definition) is 3. The summed E-state index contributed by atoms with van der Waals surface area (Å²) in [6, 6.07) is 16.5. The Kier molecular flexibility index (Phi) is 5.78. The van der Waals surface area contributed by atoms with Crippen molar-refractivity contribution in [3.05, 3.63) is 65.7 Å². The molecule has 0 amide bonds. The van der Waals surface area contributed by atoms with Gasteiger partial charge < -0.3 is 9.47 Å². The molecule has 0 unspecified atom stereocenters. The van der Waals surface area contributed by atoms with Gasteiger partial charge in [-0.05, 0) is 43.0 Å². The Labute approximate surface area is 158 Å². The van der Waals surface area contributed by atoms with Gasteiger partial charge in [0, 0.05) is 12.8 Å². The normalized spacial score (nSPS) is 17.9. The van der Waals surface area contributed by atoms with Crippen LogP contribution in [0.3, 0.4) is 0 Å². The van der Waals surface area contributed by atoms with Crippen LogP contribution in [-0.2, 0) is 21.6 Å². The smallest absolute Gasteiger partial charge is 0.316 e. The SMILES string of the molecule is CCOc1ccc(C2(C(=O)OCc3ccccc3)CCC(F)(F)CC2)cc1. The van der Waals surface area contributed by atoms with Crippen LogP contribution >= 0.6 is 0 Å². The Morgan fingerprint density at radius 1 is 0.963 bits per heavy atom. The highest BCUT2D eigenvalue weighted by Crippen LogP contribution is 2.46. The second-order valence-electron chi connectivity index (χ2n) is 6.96. The highest BCUT2D eigenvalue weighted by Gasteiger charge is 2.49. The molecule has 144 valence electrons. The van der Waals surface area contributed by atoms with E-state index in [0.29, 0.717) is 17.9 Å². The minimum absolute atomic E-state index is 0.0710. The van der Waals surface area contributed by atoms with Crippen LogP contribution in [0, 0.1) is 0 Å². The van der Waals surface area contributed by atoms with E-state index in [1.165, 1.54) is 0 Å². The molecule has 2 aromatic carbocycles. The summed E-state index contributed by atoms with van der Waals surface area (Å²) in [7, 11) is 0. The summed E-state index contributed by atoms with van der Waals surface area (Å²) < 4.78 is 38.5. The molecule has 0 saturated heterocycles. The second-order valence-corrected chi connectivity index (χ2v) is 6.96. The first kappa shape index (κ1) is 19.3. The zero-order chi connectivity index (χ0) is 19.3. The summed E-state index contributed by atoms with van der Waals surface area (Å²) >= 11 is 0. The molecule has 3 rings (SSSR count). The molecule has 1 saturated carbocycles. The van der Waals surface area contributed by atoms with Crippen LogP contribution in [0.4, 0.5) is 8.78 Å². The van der Waals surface area contributed by atoms with Crippen molar-refractivity contribution in [3.63, 3.8) is 0 Å². The number of alkyl halides is 2. The van der Waals surface area contributed by atoms with Crippen molar-refractivity contribution >= 4 is 5.97 Å². The lowest BCUT2D eigenvalue weighted by Gasteiger charge is -2.38. The van der Waals surface area contributed by atoms with Crippen LogP contribution in [0.25, 0.3) is 0 Å². The maximum absolute atomic E-state index is 13.8. The molecule has 0 atom stereocenters. The first-order valence-corrected chi connectivity index (χ1v) is 9.27. The fourth-order valence-electron chi connectivity index (χ4n) is 3.55. The zero-order valence-electron chi connectivity index (χ0n) is 15.4. The molecular formula is C22H24F2O3. The van der Waals surface area contributed by atoms with Gasteiger partial charge in [0.25, 0.3) is 0 Å². The van der Waals surface area contributed by atoms with Crippen molar-refractivity contribution in [1.29, 1.82) is 0 Å². The number of ether oxygens (including phenoxy) is 2. The Bertz CT molecular complexity index is 747. The van der Waals surface area contributed by atoms with Gasteiger partial charge in [-0.2, -0.15) is 0 Å². The van der Waals surface area contributed by atoms with Crippen molar-refractivity contribution < 1.29 is 23.0 Å². The van der Waals surface area contributed by atoms with E-state index in [-0.39, 0.29) is 32.3 Å². The number of hydrogen-bond donors (Lipinski definition) is 0. The average Bonchev–Trinajstić information content (AvgIpc) is 2.68. The van der Waals surface area contributed by atoms with Gasteiger partial charge in [0.05, 0.1) is 12.0 Å². The molecule has 0 spiro atoms. The van der Waals surface area contributed by atoms with Crippen LogP contribution in [0.15, 0.2) is 54.6 Å². The standard InChI is InChI=1S/C22H24F2O3/c1-2-26-19-10-8-18(9-11-19)21(12-14-22(23,24)15-13-21)20(25)27-16-17-6-4-3-5-7-17/h3-11H,2,12-16H2,1H3. The van der Waals surface area contributed by atoms with Crippen molar-refractivity contribution in [2.45, 2.75) is 50.6 Å². The lowest BCUT2D eigenvalue weighted by atomic mass is 9.68. The van der Waals surface area contributed by atoms with E-state index in [4.69, 9.17) is 9.47 Å². The molecule has 0 aliphatic heterocycles. The number of carbonyl (C=O) groups excluding carboxylic acids is 1. The van der Waals surface area contributed by atoms with Crippen molar-refractivity contribution in [2.24, 2.45) is 0 Å². The van der Waals surface area contributed by atoms with Crippen LogP contribution in [-0.4, -0.2) is 18.5 Å². The third-order valence-electron chi connectivity index (χ3n) is 5.16. The molecule has 0 radical (unpaired) electrons. The monoisotopic (exact) mass is 374 g/mol. The van der Waals surface area contributed by atoms with Crippen LogP contribution in [0.2, 0.25) is 0 Å². The summed E-state index contributed by atoms with van der Waals surface area (Å²) in [6.07, 6.45) is -0.496. The molecule has 5 heteroatoms. The van der Waals surface area contributed by atoms with E-state index in [1.54, 1.807) is 24.3 Å². The topological polar surface area (TPSA) is 35.5 Å². The van der Waals surface area contributed by atoms with Gasteiger partial charge in [0.15, 0.2) is 0 Å². The third kappa shape index (κ3) is 4.46. The fraction of sp³-hybridized carbons (Fsp3) is 0.409. The van der Waals surface area contributed by atoms with Gasteiger partial charge in [0.2, 0.25) is 5.92 Å². The summed E-state index contributed by atoms with van der Waals surface area (Å²) in [5, 5.41) is 0. The number of benzene rings is 2. The van der Waals surface area contributed by atoms with E-state index < -0.39 is 17.3 Å². The first-order chi connectivity index (χ1) is 13.0. The lowest BCUT2D eigenvalue weighted by molar-refractivity contribution is -0.157. The Morgan fingerprint density at radius 3 is 2.19 bits per heavy atom. The van der Waals surface area contributed by atoms with Gasteiger partial charge in [0.1, 0.15) is 12.4 Å². The summed E-state index contributed by atoms with van der Waals surface area (Å²) in [4.78, 5) is 13.0. The van der Waals surface area contributed by atoms with Crippen LogP contribution in [0.1, 0.15) is 43.7 Å². The maximum Gasteiger partial charge on any atom is 0.316 e. The molecular weight excluding hydrogens is 350 g/mol. The Hall–Kier alpha value is -2.43. The lowest BCUT2D eigenvalue weighted by Crippen LogP contribution is -2.43. The quantitative estimate of drug-likeness (QED) is 0.646. The first-order valence-electron chi connectivity index (χ1n) is 9.27. The molecule has 2 aromatic rings. The number of esters is 1. The zero-order valence-corrected chi connectivity index (χ0v) is 15.4. The van der Waals surface area contributed by atoms with Gasteiger partial charge in [-0.3, -0.25) is 4.79 Å². The predicted octanol–water partition coefficient (Wildman–Crippen LogP) is 5.28. The minimum atomic E-state index is -2.73. The summed E-state index contributed by atoms with van der Waals surface area (Å²) in [6.45, 7) is 2.56. The largest absolute Gasteiger partial charge is 0.494 e. The van der Waals surface area contributed by atoms with E-state index >= 15 is 0 Å². The van der Waals surface area contributed by atoms with E-state index in [1.807, 2.05) is 37.3 Å². The fourth-order valence-corrected chi connectivity index (χ4v) is 3.55. The third-order valence-corrected chi connectivity index (χ3v) is 5.16. The molecule has 0 aromatic heterocycles. The number of carbonyl (C=O) groups is 1. The van der Waals surface area contributed by atoms with Gasteiger partial charge >= 0.3 is 5.97 Å². The summed E-state index contributed by atoms with van der Waals surface area (Å²) in [5.41, 5.74) is 0.537. The average molecular weight is 374 g/mol. The molecule has 0 bridgehead atoms. The molecule has 0 heterocycles. The van der Waals surface area contributed by atoms with Gasteiger partial charge in [-0.15, -0.1) is 0 Å². The van der Waals surface area contributed by atoms with E-state index in [9.17, 15) is 13.6 Å². The number of rotatable bonds is 6. The molecule has 3 nitrogen and oxygen atoms in total. The Balaban J connectivity index is 1.82. The summed E-state index contributed by atoms with van der Waals surface area (Å²) in [5.74, 6) is -2.48. The van der Waals surface area contributed by atoms with E-state index in [0.717, 1.165) is 5.56 Å². The molecule has 0 N–H and O–H groups in total. The van der Waals surface area contributed by atoms with Crippen molar-refractivity contribution in [2.75, 3.05) is 6.61 Å². The number of halogens is 2. The second kappa shape index (κ2) is 8.07. The van der Waals surface area contributed by atoms with Crippen molar-refractivity contribution in [3.8, 4) is 5.75 Å². The molecule has 1 aliphatic rings. The van der Waals surface area contributed by atoms with Crippen LogP contribution in [0.5, 0.6) is 5.75 Å². The maximum atomic E-state index is 13.8. The predicted molar refractivity (Wildman–Crippen MR) is 98.9 cm³/mol. The molecule has 27 heavy (non-hydrogen) atoms. The van der Waals surface area contributed by atoms with Gasteiger partial charge in [-0.1, -0.05) is 42.5 Å². The van der Waals surface area contributed by atoms with Crippen LogP contribution < -0.4 is 4.74 Å². The van der Waals surface area contributed by atoms with Crippen molar-refractivity contribution in [1.82, 2.24) is 0 Å². The molecule has 1 fully saturated rings. The highest BCUT2D eigenvalue weighted by atomic mass is 19.3. The minimum Gasteiger partial charge on any atom is -0.494 e. The van der Waals surface area contributed by atoms with E-state index in [2.05, 4.69) is 0 Å². The van der Waals surface area contributed by atoms with Gasteiger partial charge in [-0.25, -0.2) is 8.78 Å². The molecule has 1 aliphatic carbocycles. The Morgan fingerprint density at radius 2 is 1.59 bits per heavy atom.